The van der Waals surface area contributed by atoms with E-state index in [-0.39, 0.29) is 17.4 Å². The zero-order valence-electron chi connectivity index (χ0n) is 15.0. The highest BCUT2D eigenvalue weighted by Crippen LogP contribution is 2.40. The lowest BCUT2D eigenvalue weighted by Crippen LogP contribution is -2.48. The molecule has 2 aromatic rings. The van der Waals surface area contributed by atoms with Crippen molar-refractivity contribution in [3.8, 4) is 10.4 Å². The summed E-state index contributed by atoms with van der Waals surface area (Å²) in [4.78, 5) is 16.1. The molecule has 0 saturated carbocycles. The number of amides is 1. The summed E-state index contributed by atoms with van der Waals surface area (Å²) in [6, 6.07) is 12.2. The van der Waals surface area contributed by atoms with Crippen LogP contribution in [-0.4, -0.2) is 43.2 Å². The molecule has 1 spiro atoms. The van der Waals surface area contributed by atoms with Crippen LogP contribution in [0.2, 0.25) is 0 Å². The van der Waals surface area contributed by atoms with Crippen molar-refractivity contribution in [2.75, 3.05) is 26.2 Å². The maximum atomic E-state index is 12.8. The fraction of sp³-hybridized carbons (Fsp3) is 0.476. The third-order valence-corrected chi connectivity index (χ3v) is 6.85. The topological polar surface area (TPSA) is 55.6 Å². The van der Waals surface area contributed by atoms with Gasteiger partial charge in [0.25, 0.3) is 5.91 Å². The number of piperidine rings is 1. The van der Waals surface area contributed by atoms with Crippen LogP contribution in [0.25, 0.3) is 10.4 Å². The molecule has 0 unspecified atom stereocenters. The molecule has 2 aliphatic heterocycles. The second-order valence-electron chi connectivity index (χ2n) is 7.55. The van der Waals surface area contributed by atoms with Crippen LogP contribution in [0.3, 0.4) is 0 Å². The first kappa shape index (κ1) is 17.7. The molecule has 1 aromatic carbocycles. The molecular weight excluding hydrogens is 344 g/mol. The van der Waals surface area contributed by atoms with E-state index in [4.69, 9.17) is 10.5 Å². The van der Waals surface area contributed by atoms with E-state index in [1.165, 1.54) is 16.9 Å². The van der Waals surface area contributed by atoms with Crippen molar-refractivity contribution in [2.24, 2.45) is 11.1 Å². The van der Waals surface area contributed by atoms with E-state index in [1.54, 1.807) is 11.3 Å². The summed E-state index contributed by atoms with van der Waals surface area (Å²) in [7, 11) is 0. The highest BCUT2D eigenvalue weighted by atomic mass is 32.1. The quantitative estimate of drug-likeness (QED) is 0.895. The van der Waals surface area contributed by atoms with Gasteiger partial charge in [-0.2, -0.15) is 0 Å². The summed E-state index contributed by atoms with van der Waals surface area (Å²) in [5.74, 6) is 0.147. The molecule has 3 heterocycles. The Kier molecular flexibility index (Phi) is 5.11. The average molecular weight is 371 g/mol. The number of hydrogen-bond acceptors (Lipinski definition) is 4. The van der Waals surface area contributed by atoms with Gasteiger partial charge in [-0.25, -0.2) is 0 Å². The molecule has 1 amide bonds. The lowest BCUT2D eigenvalue weighted by atomic mass is 9.73. The Morgan fingerprint density at radius 2 is 1.96 bits per heavy atom. The minimum Gasteiger partial charge on any atom is -0.376 e. The van der Waals surface area contributed by atoms with Gasteiger partial charge in [-0.05, 0) is 60.2 Å². The van der Waals surface area contributed by atoms with E-state index in [1.807, 2.05) is 35.2 Å². The largest absolute Gasteiger partial charge is 0.376 e. The molecular formula is C21H26N2O2S. The van der Waals surface area contributed by atoms with Gasteiger partial charge in [-0.15, -0.1) is 11.3 Å². The SMILES string of the molecule is NC[C@H]1CCC2(CCN(C(=O)c3ccc(-c4cccs4)cc3)CC2)CO1. The lowest BCUT2D eigenvalue weighted by Gasteiger charge is -2.45. The monoisotopic (exact) mass is 370 g/mol. The molecule has 0 radical (unpaired) electrons. The van der Waals surface area contributed by atoms with E-state index in [2.05, 4.69) is 11.4 Å². The van der Waals surface area contributed by atoms with Crippen LogP contribution in [0.15, 0.2) is 41.8 Å². The smallest absolute Gasteiger partial charge is 0.253 e. The molecule has 2 N–H and O–H groups in total. The molecule has 2 saturated heterocycles. The standard InChI is InChI=1S/C21H26N2O2S/c22-14-18-7-8-21(15-25-18)9-11-23(12-10-21)20(24)17-5-3-16(4-6-17)19-2-1-13-26-19/h1-6,13,18H,7-12,14-15,22H2/t18-/m1/s1. The predicted molar refractivity (Wildman–Crippen MR) is 105 cm³/mol. The van der Waals surface area contributed by atoms with E-state index >= 15 is 0 Å². The number of nitrogens with zero attached hydrogens (tertiary/aromatic N) is 1. The number of carbonyl (C=O) groups excluding carboxylic acids is 1. The number of ether oxygens (including phenoxy) is 1. The highest BCUT2D eigenvalue weighted by molar-refractivity contribution is 7.13. The number of rotatable bonds is 3. The third-order valence-electron chi connectivity index (χ3n) is 5.93. The summed E-state index contributed by atoms with van der Waals surface area (Å²) in [5.41, 5.74) is 7.92. The van der Waals surface area contributed by atoms with Crippen LogP contribution in [0, 0.1) is 5.41 Å². The van der Waals surface area contributed by atoms with Crippen molar-refractivity contribution in [2.45, 2.75) is 31.8 Å². The first-order chi connectivity index (χ1) is 12.7. The lowest BCUT2D eigenvalue weighted by molar-refractivity contribution is -0.0790. The minimum atomic E-state index is 0.147. The third kappa shape index (κ3) is 3.56. The summed E-state index contributed by atoms with van der Waals surface area (Å²) >= 11 is 1.72. The molecule has 1 atom stereocenters. The fourth-order valence-electron chi connectivity index (χ4n) is 4.08. The molecule has 138 valence electrons. The molecule has 26 heavy (non-hydrogen) atoms. The Morgan fingerprint density at radius 3 is 2.54 bits per heavy atom. The molecule has 2 aliphatic rings. The molecule has 2 fully saturated rings. The second-order valence-corrected chi connectivity index (χ2v) is 8.50. The van der Waals surface area contributed by atoms with E-state index in [0.29, 0.717) is 6.54 Å². The Hall–Kier alpha value is -1.69. The van der Waals surface area contributed by atoms with Crippen LogP contribution >= 0.6 is 11.3 Å². The van der Waals surface area contributed by atoms with Crippen molar-refractivity contribution in [3.05, 3.63) is 47.3 Å². The number of thiophene rings is 1. The van der Waals surface area contributed by atoms with Gasteiger partial charge in [0.05, 0.1) is 12.7 Å². The summed E-state index contributed by atoms with van der Waals surface area (Å²) < 4.78 is 5.92. The summed E-state index contributed by atoms with van der Waals surface area (Å²) in [6.07, 6.45) is 4.51. The molecule has 0 aliphatic carbocycles. The number of hydrogen-bond donors (Lipinski definition) is 1. The number of carbonyl (C=O) groups is 1. The zero-order valence-corrected chi connectivity index (χ0v) is 15.8. The first-order valence-corrected chi connectivity index (χ1v) is 10.3. The number of nitrogens with two attached hydrogens (primary N) is 1. The second kappa shape index (κ2) is 7.51. The van der Waals surface area contributed by atoms with Crippen molar-refractivity contribution in [3.63, 3.8) is 0 Å². The van der Waals surface area contributed by atoms with Gasteiger partial charge in [-0.3, -0.25) is 4.79 Å². The Morgan fingerprint density at radius 1 is 1.19 bits per heavy atom. The fourth-order valence-corrected chi connectivity index (χ4v) is 4.82. The van der Waals surface area contributed by atoms with Crippen molar-refractivity contribution >= 4 is 17.2 Å². The molecule has 4 rings (SSSR count). The maximum Gasteiger partial charge on any atom is 0.253 e. The van der Waals surface area contributed by atoms with Crippen molar-refractivity contribution in [1.29, 1.82) is 0 Å². The number of likely N-dealkylation sites (tertiary alicyclic amines) is 1. The van der Waals surface area contributed by atoms with Gasteiger partial charge in [0, 0.05) is 30.1 Å². The van der Waals surface area contributed by atoms with Crippen molar-refractivity contribution in [1.82, 2.24) is 4.90 Å². The van der Waals surface area contributed by atoms with Crippen LogP contribution in [0.5, 0.6) is 0 Å². The zero-order chi connectivity index (χ0) is 18.0. The number of benzene rings is 1. The van der Waals surface area contributed by atoms with Crippen LogP contribution in [0.1, 0.15) is 36.0 Å². The normalized spacial score (nSPS) is 22.5. The van der Waals surface area contributed by atoms with Gasteiger partial charge in [-0.1, -0.05) is 18.2 Å². The van der Waals surface area contributed by atoms with Gasteiger partial charge in [0.15, 0.2) is 0 Å². The minimum absolute atomic E-state index is 0.147. The van der Waals surface area contributed by atoms with Gasteiger partial charge in [0.1, 0.15) is 0 Å². The van der Waals surface area contributed by atoms with Crippen LogP contribution in [-0.2, 0) is 4.74 Å². The Labute approximate surface area is 159 Å². The first-order valence-electron chi connectivity index (χ1n) is 9.44. The predicted octanol–water partition coefficient (Wildman–Crippen LogP) is 3.78. The Balaban J connectivity index is 1.36. The van der Waals surface area contributed by atoms with Gasteiger partial charge < -0.3 is 15.4 Å². The molecule has 0 bridgehead atoms. The molecule has 5 heteroatoms. The van der Waals surface area contributed by atoms with E-state index in [0.717, 1.165) is 44.5 Å². The molecule has 4 nitrogen and oxygen atoms in total. The van der Waals surface area contributed by atoms with E-state index in [9.17, 15) is 4.79 Å². The van der Waals surface area contributed by atoms with Crippen LogP contribution < -0.4 is 5.73 Å². The van der Waals surface area contributed by atoms with Gasteiger partial charge in [0.2, 0.25) is 0 Å². The maximum absolute atomic E-state index is 12.8. The van der Waals surface area contributed by atoms with Gasteiger partial charge >= 0.3 is 0 Å². The van der Waals surface area contributed by atoms with Crippen molar-refractivity contribution < 1.29 is 9.53 Å². The highest BCUT2D eigenvalue weighted by Gasteiger charge is 2.39. The summed E-state index contributed by atoms with van der Waals surface area (Å²) in [6.45, 7) is 3.05. The van der Waals surface area contributed by atoms with Crippen LogP contribution in [0.4, 0.5) is 0 Å². The van der Waals surface area contributed by atoms with E-state index < -0.39 is 0 Å². The Bertz CT molecular complexity index is 724. The molecule has 1 aromatic heterocycles. The summed E-state index contributed by atoms with van der Waals surface area (Å²) in [5, 5.41) is 2.07. The average Bonchev–Trinajstić information content (AvgIpc) is 3.24.